The number of hydrogen-bond donors (Lipinski definition) is 2. The molecule has 1 unspecified atom stereocenters. The summed E-state index contributed by atoms with van der Waals surface area (Å²) < 4.78 is 5.51. The van der Waals surface area contributed by atoms with Crippen molar-refractivity contribution in [3.8, 4) is 11.1 Å². The number of ether oxygens (including phenoxy) is 1. The van der Waals surface area contributed by atoms with Crippen LogP contribution in [0.3, 0.4) is 0 Å². The van der Waals surface area contributed by atoms with Crippen molar-refractivity contribution in [2.75, 3.05) is 18.5 Å². The molecule has 2 amide bonds. The highest BCUT2D eigenvalue weighted by Gasteiger charge is 2.19. The van der Waals surface area contributed by atoms with Crippen LogP contribution in [0.2, 0.25) is 0 Å². The zero-order valence-corrected chi connectivity index (χ0v) is 13.0. The van der Waals surface area contributed by atoms with Gasteiger partial charge < -0.3 is 15.4 Å². The number of fused-ring (bicyclic) bond motifs is 3. The lowest BCUT2D eigenvalue weighted by molar-refractivity contribution is 0.112. The molecule has 1 atom stereocenters. The highest BCUT2D eigenvalue weighted by molar-refractivity contribution is 5.90. The summed E-state index contributed by atoms with van der Waals surface area (Å²) >= 11 is 0. The largest absolute Gasteiger partial charge is 0.376 e. The molecule has 0 saturated carbocycles. The van der Waals surface area contributed by atoms with Crippen molar-refractivity contribution in [1.82, 2.24) is 5.32 Å². The summed E-state index contributed by atoms with van der Waals surface area (Å²) in [7, 11) is 0. The minimum atomic E-state index is -0.170. The molecular formula is C19H20N2O2. The van der Waals surface area contributed by atoms with Crippen LogP contribution in [0.5, 0.6) is 0 Å². The minimum Gasteiger partial charge on any atom is -0.376 e. The van der Waals surface area contributed by atoms with Crippen molar-refractivity contribution in [3.63, 3.8) is 0 Å². The van der Waals surface area contributed by atoms with Gasteiger partial charge in [-0.05, 0) is 53.6 Å². The first kappa shape index (κ1) is 14.3. The first-order chi connectivity index (χ1) is 11.3. The molecular weight excluding hydrogens is 288 g/mol. The second-order valence-electron chi connectivity index (χ2n) is 6.18. The number of amides is 2. The number of carbonyl (C=O) groups excluding carboxylic acids is 1. The molecule has 1 fully saturated rings. The Labute approximate surface area is 135 Å². The Morgan fingerprint density at radius 1 is 1.13 bits per heavy atom. The van der Waals surface area contributed by atoms with Gasteiger partial charge in [-0.25, -0.2) is 4.79 Å². The highest BCUT2D eigenvalue weighted by Crippen LogP contribution is 2.37. The number of urea groups is 1. The normalized spacial score (nSPS) is 18.3. The lowest BCUT2D eigenvalue weighted by atomic mass is 10.1. The molecule has 0 radical (unpaired) electrons. The Balaban J connectivity index is 1.41. The van der Waals surface area contributed by atoms with Crippen molar-refractivity contribution < 1.29 is 9.53 Å². The van der Waals surface area contributed by atoms with Crippen LogP contribution in [0.4, 0.5) is 10.5 Å². The Morgan fingerprint density at radius 3 is 2.87 bits per heavy atom. The van der Waals surface area contributed by atoms with E-state index in [2.05, 4.69) is 47.0 Å². The summed E-state index contributed by atoms with van der Waals surface area (Å²) in [6.45, 7) is 1.38. The van der Waals surface area contributed by atoms with Gasteiger partial charge in [-0.2, -0.15) is 0 Å². The van der Waals surface area contributed by atoms with Crippen LogP contribution in [-0.4, -0.2) is 25.3 Å². The van der Waals surface area contributed by atoms with E-state index in [1.165, 1.54) is 22.3 Å². The molecule has 2 aromatic carbocycles. The third kappa shape index (κ3) is 2.94. The van der Waals surface area contributed by atoms with E-state index < -0.39 is 0 Å². The van der Waals surface area contributed by atoms with Crippen molar-refractivity contribution in [1.29, 1.82) is 0 Å². The molecule has 4 rings (SSSR count). The molecule has 0 spiro atoms. The molecule has 0 aromatic heterocycles. The topological polar surface area (TPSA) is 50.4 Å². The predicted octanol–water partition coefficient (Wildman–Crippen LogP) is 3.56. The molecule has 1 heterocycles. The van der Waals surface area contributed by atoms with Crippen LogP contribution in [0.15, 0.2) is 42.5 Å². The predicted molar refractivity (Wildman–Crippen MR) is 90.7 cm³/mol. The molecule has 23 heavy (non-hydrogen) atoms. The van der Waals surface area contributed by atoms with Crippen molar-refractivity contribution in [2.24, 2.45) is 0 Å². The minimum absolute atomic E-state index is 0.162. The molecule has 4 nitrogen and oxygen atoms in total. The molecule has 2 N–H and O–H groups in total. The van der Waals surface area contributed by atoms with Crippen LogP contribution in [0, 0.1) is 0 Å². The number of benzene rings is 2. The number of hydrogen-bond acceptors (Lipinski definition) is 2. The smallest absolute Gasteiger partial charge is 0.319 e. The second kappa shape index (κ2) is 6.05. The second-order valence-corrected chi connectivity index (χ2v) is 6.18. The van der Waals surface area contributed by atoms with E-state index in [0.717, 1.165) is 31.6 Å². The third-order valence-corrected chi connectivity index (χ3v) is 4.57. The average molecular weight is 308 g/mol. The maximum Gasteiger partial charge on any atom is 0.319 e. The van der Waals surface area contributed by atoms with E-state index in [4.69, 9.17) is 4.74 Å². The standard InChI is InChI=1S/C19H20N2O2/c22-19(20-12-16-5-3-9-23-16)21-15-7-8-18-14(11-15)10-13-4-1-2-6-17(13)18/h1-2,4,6-8,11,16H,3,5,9-10,12H2,(H2,20,21,22). The van der Waals surface area contributed by atoms with Gasteiger partial charge in [0.2, 0.25) is 0 Å². The summed E-state index contributed by atoms with van der Waals surface area (Å²) in [6.07, 6.45) is 3.20. The lowest BCUT2D eigenvalue weighted by Crippen LogP contribution is -2.35. The van der Waals surface area contributed by atoms with E-state index in [9.17, 15) is 4.79 Å². The monoisotopic (exact) mass is 308 g/mol. The Kier molecular flexibility index (Phi) is 3.75. The van der Waals surface area contributed by atoms with Gasteiger partial charge in [0.25, 0.3) is 0 Å². The van der Waals surface area contributed by atoms with Gasteiger partial charge in [-0.1, -0.05) is 30.3 Å². The quantitative estimate of drug-likeness (QED) is 0.777. The van der Waals surface area contributed by atoms with E-state index in [1.54, 1.807) is 0 Å². The molecule has 2 aliphatic rings. The summed E-state index contributed by atoms with van der Waals surface area (Å²) in [6, 6.07) is 14.4. The molecule has 1 aliphatic heterocycles. The lowest BCUT2D eigenvalue weighted by Gasteiger charge is -2.12. The van der Waals surface area contributed by atoms with Gasteiger partial charge >= 0.3 is 6.03 Å². The van der Waals surface area contributed by atoms with Gasteiger partial charge in [-0.15, -0.1) is 0 Å². The Morgan fingerprint density at radius 2 is 2.00 bits per heavy atom. The summed E-state index contributed by atoms with van der Waals surface area (Å²) in [5, 5.41) is 5.80. The van der Waals surface area contributed by atoms with Gasteiger partial charge in [0.15, 0.2) is 0 Å². The first-order valence-corrected chi connectivity index (χ1v) is 8.17. The molecule has 0 bridgehead atoms. The molecule has 4 heteroatoms. The van der Waals surface area contributed by atoms with Crippen molar-refractivity contribution in [3.05, 3.63) is 53.6 Å². The summed E-state index contributed by atoms with van der Waals surface area (Å²) in [5.41, 5.74) is 6.02. The summed E-state index contributed by atoms with van der Waals surface area (Å²) in [5.74, 6) is 0. The first-order valence-electron chi connectivity index (χ1n) is 8.17. The van der Waals surface area contributed by atoms with Crippen LogP contribution in [-0.2, 0) is 11.2 Å². The van der Waals surface area contributed by atoms with Crippen LogP contribution >= 0.6 is 0 Å². The van der Waals surface area contributed by atoms with E-state index in [-0.39, 0.29) is 12.1 Å². The van der Waals surface area contributed by atoms with E-state index in [0.29, 0.717) is 6.54 Å². The molecule has 1 saturated heterocycles. The molecule has 1 aliphatic carbocycles. The number of carbonyl (C=O) groups is 1. The number of nitrogens with one attached hydrogen (secondary N) is 2. The van der Waals surface area contributed by atoms with Crippen molar-refractivity contribution >= 4 is 11.7 Å². The van der Waals surface area contributed by atoms with Crippen molar-refractivity contribution in [2.45, 2.75) is 25.4 Å². The van der Waals surface area contributed by atoms with E-state index >= 15 is 0 Å². The zero-order chi connectivity index (χ0) is 15.6. The maximum atomic E-state index is 12.0. The number of rotatable bonds is 3. The number of anilines is 1. The average Bonchev–Trinajstić information content (AvgIpc) is 3.20. The van der Waals surface area contributed by atoms with E-state index in [1.807, 2.05) is 6.07 Å². The fourth-order valence-electron chi connectivity index (χ4n) is 3.41. The fraction of sp³-hybridized carbons (Fsp3) is 0.316. The molecule has 118 valence electrons. The Hall–Kier alpha value is -2.33. The molecule has 2 aromatic rings. The van der Waals surface area contributed by atoms with Gasteiger partial charge in [-0.3, -0.25) is 0 Å². The van der Waals surface area contributed by atoms with Gasteiger partial charge in [0, 0.05) is 18.8 Å². The van der Waals surface area contributed by atoms with Crippen LogP contribution < -0.4 is 10.6 Å². The Bertz CT molecular complexity index is 736. The fourth-order valence-corrected chi connectivity index (χ4v) is 3.41. The van der Waals surface area contributed by atoms with Crippen LogP contribution in [0.1, 0.15) is 24.0 Å². The zero-order valence-electron chi connectivity index (χ0n) is 13.0. The van der Waals surface area contributed by atoms with Gasteiger partial charge in [0.05, 0.1) is 6.10 Å². The highest BCUT2D eigenvalue weighted by atomic mass is 16.5. The van der Waals surface area contributed by atoms with Crippen LogP contribution in [0.25, 0.3) is 11.1 Å². The van der Waals surface area contributed by atoms with Gasteiger partial charge in [0.1, 0.15) is 0 Å². The SMILES string of the molecule is O=C(NCC1CCCO1)Nc1ccc2c(c1)Cc1ccccc1-2. The third-order valence-electron chi connectivity index (χ3n) is 4.57. The maximum absolute atomic E-state index is 12.0. The summed E-state index contributed by atoms with van der Waals surface area (Å²) in [4.78, 5) is 12.0.